The standard InChI is InChI=1S/C10H16N2O2S/c1-12(5-4-9(11)10(13)14)7-8-3-2-6-15-8/h2-3,6,9H,4-5,7,11H2,1H3,(H,13,14). The van der Waals surface area contributed by atoms with Crippen molar-refractivity contribution in [2.45, 2.75) is 19.0 Å². The van der Waals surface area contributed by atoms with Crippen LogP contribution in [0.4, 0.5) is 0 Å². The SMILES string of the molecule is CN(CCC(N)C(=O)O)Cc1cccs1. The third kappa shape index (κ3) is 4.42. The van der Waals surface area contributed by atoms with Crippen LogP contribution in [-0.4, -0.2) is 35.6 Å². The average molecular weight is 228 g/mol. The van der Waals surface area contributed by atoms with E-state index in [0.29, 0.717) is 13.0 Å². The van der Waals surface area contributed by atoms with E-state index < -0.39 is 12.0 Å². The largest absolute Gasteiger partial charge is 0.480 e. The molecule has 4 nitrogen and oxygen atoms in total. The number of aliphatic carboxylic acids is 1. The molecule has 5 heteroatoms. The molecule has 1 heterocycles. The van der Waals surface area contributed by atoms with Crippen LogP contribution in [0, 0.1) is 0 Å². The molecule has 0 aliphatic rings. The molecule has 1 unspecified atom stereocenters. The van der Waals surface area contributed by atoms with Gasteiger partial charge in [0.05, 0.1) is 0 Å². The maximum absolute atomic E-state index is 10.5. The monoisotopic (exact) mass is 228 g/mol. The van der Waals surface area contributed by atoms with Crippen molar-refractivity contribution in [3.63, 3.8) is 0 Å². The summed E-state index contributed by atoms with van der Waals surface area (Å²) >= 11 is 1.70. The summed E-state index contributed by atoms with van der Waals surface area (Å²) in [6.45, 7) is 1.55. The number of carboxylic acids is 1. The normalized spacial score (nSPS) is 13.0. The van der Waals surface area contributed by atoms with Crippen molar-refractivity contribution < 1.29 is 9.90 Å². The van der Waals surface area contributed by atoms with Gasteiger partial charge in [0, 0.05) is 18.0 Å². The average Bonchev–Trinajstić information content (AvgIpc) is 2.66. The highest BCUT2D eigenvalue weighted by molar-refractivity contribution is 7.09. The van der Waals surface area contributed by atoms with E-state index in [1.54, 1.807) is 11.3 Å². The Labute approximate surface area is 93.3 Å². The van der Waals surface area contributed by atoms with Crippen LogP contribution in [0.25, 0.3) is 0 Å². The van der Waals surface area contributed by atoms with Crippen molar-refractivity contribution in [2.75, 3.05) is 13.6 Å². The van der Waals surface area contributed by atoms with E-state index in [9.17, 15) is 4.79 Å². The molecule has 0 aliphatic heterocycles. The van der Waals surface area contributed by atoms with Gasteiger partial charge in [-0.25, -0.2) is 0 Å². The van der Waals surface area contributed by atoms with Gasteiger partial charge in [0.1, 0.15) is 6.04 Å². The minimum absolute atomic E-state index is 0.483. The summed E-state index contributed by atoms with van der Waals surface area (Å²) in [4.78, 5) is 13.8. The first-order chi connectivity index (χ1) is 7.09. The van der Waals surface area contributed by atoms with Gasteiger partial charge in [-0.2, -0.15) is 0 Å². The van der Waals surface area contributed by atoms with Crippen LogP contribution in [-0.2, 0) is 11.3 Å². The molecule has 0 aliphatic carbocycles. The fourth-order valence-corrected chi connectivity index (χ4v) is 2.01. The summed E-state index contributed by atoms with van der Waals surface area (Å²) in [5.74, 6) is -0.931. The van der Waals surface area contributed by atoms with Crippen LogP contribution in [0.15, 0.2) is 17.5 Å². The fraction of sp³-hybridized carbons (Fsp3) is 0.500. The molecule has 1 atom stereocenters. The van der Waals surface area contributed by atoms with E-state index in [1.807, 2.05) is 18.5 Å². The quantitative estimate of drug-likeness (QED) is 0.761. The third-order valence-corrected chi connectivity index (χ3v) is 3.01. The summed E-state index contributed by atoms with van der Waals surface area (Å²) in [6, 6.07) is 3.32. The van der Waals surface area contributed by atoms with E-state index in [-0.39, 0.29) is 0 Å². The first-order valence-corrected chi connectivity index (χ1v) is 5.67. The maximum atomic E-state index is 10.5. The van der Waals surface area contributed by atoms with E-state index in [2.05, 4.69) is 11.0 Å². The molecule has 0 saturated heterocycles. The molecule has 0 radical (unpaired) electrons. The lowest BCUT2D eigenvalue weighted by Crippen LogP contribution is -2.34. The Morgan fingerprint density at radius 2 is 2.47 bits per heavy atom. The second kappa shape index (κ2) is 5.85. The van der Waals surface area contributed by atoms with Crippen molar-refractivity contribution in [3.8, 4) is 0 Å². The zero-order chi connectivity index (χ0) is 11.3. The van der Waals surface area contributed by atoms with Gasteiger partial charge in [-0.05, 0) is 24.9 Å². The number of hydrogen-bond donors (Lipinski definition) is 2. The first kappa shape index (κ1) is 12.2. The fourth-order valence-electron chi connectivity index (χ4n) is 1.23. The highest BCUT2D eigenvalue weighted by Gasteiger charge is 2.12. The molecular weight excluding hydrogens is 212 g/mol. The van der Waals surface area contributed by atoms with E-state index >= 15 is 0 Å². The molecule has 0 saturated carbocycles. The number of carbonyl (C=O) groups is 1. The number of thiophene rings is 1. The van der Waals surface area contributed by atoms with Crippen LogP contribution >= 0.6 is 11.3 Å². The van der Waals surface area contributed by atoms with Crippen molar-refractivity contribution in [1.29, 1.82) is 0 Å². The molecule has 1 aromatic rings. The zero-order valence-corrected chi connectivity index (χ0v) is 9.54. The van der Waals surface area contributed by atoms with Crippen LogP contribution in [0.2, 0.25) is 0 Å². The number of rotatable bonds is 6. The molecule has 0 spiro atoms. The molecule has 0 amide bonds. The Morgan fingerprint density at radius 1 is 1.73 bits per heavy atom. The maximum Gasteiger partial charge on any atom is 0.320 e. The summed E-state index contributed by atoms with van der Waals surface area (Å²) in [5.41, 5.74) is 5.41. The van der Waals surface area contributed by atoms with Crippen LogP contribution in [0.1, 0.15) is 11.3 Å². The third-order valence-electron chi connectivity index (χ3n) is 2.14. The lowest BCUT2D eigenvalue weighted by atomic mass is 10.2. The Kier molecular flexibility index (Phi) is 4.74. The van der Waals surface area contributed by atoms with Gasteiger partial charge < -0.3 is 15.7 Å². The molecule has 15 heavy (non-hydrogen) atoms. The van der Waals surface area contributed by atoms with Gasteiger partial charge in [-0.15, -0.1) is 11.3 Å². The van der Waals surface area contributed by atoms with Gasteiger partial charge >= 0.3 is 5.97 Å². The molecule has 0 aromatic carbocycles. The number of nitrogens with zero attached hydrogens (tertiary/aromatic N) is 1. The van der Waals surface area contributed by atoms with Gasteiger partial charge in [0.2, 0.25) is 0 Å². The van der Waals surface area contributed by atoms with Crippen LogP contribution in [0.5, 0.6) is 0 Å². The van der Waals surface area contributed by atoms with Crippen molar-refractivity contribution in [1.82, 2.24) is 4.90 Å². The Balaban J connectivity index is 2.25. The lowest BCUT2D eigenvalue weighted by molar-refractivity contribution is -0.138. The smallest absolute Gasteiger partial charge is 0.320 e. The molecule has 1 aromatic heterocycles. The van der Waals surface area contributed by atoms with E-state index in [4.69, 9.17) is 10.8 Å². The van der Waals surface area contributed by atoms with Crippen molar-refractivity contribution >= 4 is 17.3 Å². The van der Waals surface area contributed by atoms with E-state index in [1.165, 1.54) is 4.88 Å². The Hall–Kier alpha value is -0.910. The molecule has 0 bridgehead atoms. The van der Waals surface area contributed by atoms with E-state index in [0.717, 1.165) is 6.54 Å². The summed E-state index contributed by atoms with van der Waals surface area (Å²) in [7, 11) is 1.97. The molecule has 3 N–H and O–H groups in total. The molecule has 0 fully saturated rings. The van der Waals surface area contributed by atoms with Crippen LogP contribution in [0.3, 0.4) is 0 Å². The van der Waals surface area contributed by atoms with Gasteiger partial charge in [-0.1, -0.05) is 6.07 Å². The minimum atomic E-state index is -0.931. The van der Waals surface area contributed by atoms with Gasteiger partial charge in [-0.3, -0.25) is 4.79 Å². The first-order valence-electron chi connectivity index (χ1n) is 4.79. The predicted molar refractivity (Wildman–Crippen MR) is 60.9 cm³/mol. The van der Waals surface area contributed by atoms with Crippen molar-refractivity contribution in [2.24, 2.45) is 5.73 Å². The van der Waals surface area contributed by atoms with Crippen LogP contribution < -0.4 is 5.73 Å². The predicted octanol–water partition coefficient (Wildman–Crippen LogP) is 0.982. The highest BCUT2D eigenvalue weighted by atomic mass is 32.1. The second-order valence-corrected chi connectivity index (χ2v) is 4.58. The van der Waals surface area contributed by atoms with Gasteiger partial charge in [0.15, 0.2) is 0 Å². The summed E-state index contributed by atoms with van der Waals surface area (Å²) in [6.07, 6.45) is 0.483. The Morgan fingerprint density at radius 3 is 3.00 bits per heavy atom. The molecular formula is C10H16N2O2S. The zero-order valence-electron chi connectivity index (χ0n) is 8.72. The summed E-state index contributed by atoms with van der Waals surface area (Å²) < 4.78 is 0. The lowest BCUT2D eigenvalue weighted by Gasteiger charge is -2.16. The number of nitrogens with two attached hydrogens (primary N) is 1. The number of carboxylic acid groups (broad SMARTS) is 1. The molecule has 84 valence electrons. The van der Waals surface area contributed by atoms with Crippen molar-refractivity contribution in [3.05, 3.63) is 22.4 Å². The Bertz CT molecular complexity index is 300. The number of hydrogen-bond acceptors (Lipinski definition) is 4. The van der Waals surface area contributed by atoms with Gasteiger partial charge in [0.25, 0.3) is 0 Å². The second-order valence-electron chi connectivity index (χ2n) is 3.55. The summed E-state index contributed by atoms with van der Waals surface area (Å²) in [5, 5.41) is 10.6. The topological polar surface area (TPSA) is 66.6 Å². The minimum Gasteiger partial charge on any atom is -0.480 e. The highest BCUT2D eigenvalue weighted by Crippen LogP contribution is 2.10. The molecule has 1 rings (SSSR count).